The molecule has 1 fully saturated rings. The average molecular weight is 459 g/mol. The SMILES string of the molecule is CC(=O)O[C@@H]1[C@H](OC(C)=O)[C@@H](CSc2ccccc2)O[C@H]1n1cnc2c(=O)[nH]c(N)nc21. The van der Waals surface area contributed by atoms with E-state index in [0.29, 0.717) is 5.75 Å². The lowest BCUT2D eigenvalue weighted by Crippen LogP contribution is -2.39. The molecule has 4 atom stereocenters. The van der Waals surface area contributed by atoms with Crippen LogP contribution < -0.4 is 11.3 Å². The summed E-state index contributed by atoms with van der Waals surface area (Å²) in [6.45, 7) is 2.52. The van der Waals surface area contributed by atoms with Crippen LogP contribution in [0.4, 0.5) is 5.95 Å². The number of nitrogens with zero attached hydrogens (tertiary/aromatic N) is 3. The minimum atomic E-state index is -0.988. The van der Waals surface area contributed by atoms with Gasteiger partial charge in [-0.25, -0.2) is 4.98 Å². The van der Waals surface area contributed by atoms with Crippen molar-refractivity contribution in [1.29, 1.82) is 0 Å². The number of imidazole rings is 1. The van der Waals surface area contributed by atoms with Gasteiger partial charge in [-0.2, -0.15) is 4.98 Å². The minimum absolute atomic E-state index is 0.0514. The van der Waals surface area contributed by atoms with Crippen LogP contribution in [-0.2, 0) is 23.8 Å². The first-order valence-electron chi connectivity index (χ1n) is 9.73. The maximum absolute atomic E-state index is 12.2. The van der Waals surface area contributed by atoms with Crippen molar-refractivity contribution in [3.05, 3.63) is 47.0 Å². The molecule has 1 aliphatic rings. The van der Waals surface area contributed by atoms with E-state index in [0.717, 1.165) is 4.90 Å². The summed E-state index contributed by atoms with van der Waals surface area (Å²) in [4.78, 5) is 47.5. The Kier molecular flexibility index (Phi) is 6.15. The topological polar surface area (TPSA) is 151 Å². The van der Waals surface area contributed by atoms with Gasteiger partial charge >= 0.3 is 11.9 Å². The third-order valence-electron chi connectivity index (χ3n) is 4.77. The molecule has 2 aromatic heterocycles. The first kappa shape index (κ1) is 21.8. The van der Waals surface area contributed by atoms with Gasteiger partial charge in [-0.05, 0) is 12.1 Å². The molecule has 0 amide bonds. The summed E-state index contributed by atoms with van der Waals surface area (Å²) in [6, 6.07) is 9.64. The number of anilines is 1. The second-order valence-corrected chi connectivity index (χ2v) is 8.21. The van der Waals surface area contributed by atoms with Crippen LogP contribution in [0.25, 0.3) is 11.2 Å². The second kappa shape index (κ2) is 9.01. The number of thioether (sulfide) groups is 1. The molecule has 4 rings (SSSR count). The summed E-state index contributed by atoms with van der Waals surface area (Å²) in [5, 5.41) is 0. The predicted octanol–water partition coefficient (Wildman–Crippen LogP) is 1.25. The molecule has 1 aromatic carbocycles. The first-order chi connectivity index (χ1) is 15.3. The van der Waals surface area contributed by atoms with Crippen molar-refractivity contribution in [2.75, 3.05) is 11.5 Å². The van der Waals surface area contributed by atoms with Gasteiger partial charge in [0.2, 0.25) is 5.95 Å². The Morgan fingerprint density at radius 3 is 2.56 bits per heavy atom. The highest BCUT2D eigenvalue weighted by molar-refractivity contribution is 7.99. The first-order valence-corrected chi connectivity index (χ1v) is 10.7. The van der Waals surface area contributed by atoms with E-state index in [4.69, 9.17) is 19.9 Å². The molecule has 0 bridgehead atoms. The van der Waals surface area contributed by atoms with Gasteiger partial charge in [-0.15, -0.1) is 11.8 Å². The molecular weight excluding hydrogens is 438 g/mol. The summed E-state index contributed by atoms with van der Waals surface area (Å²) < 4.78 is 18.7. The Balaban J connectivity index is 1.71. The Hall–Kier alpha value is -3.38. The number of rotatable bonds is 6. The Bertz CT molecular complexity index is 1200. The summed E-state index contributed by atoms with van der Waals surface area (Å²) in [5.74, 6) is -0.801. The Labute approximate surface area is 186 Å². The van der Waals surface area contributed by atoms with E-state index < -0.39 is 42.0 Å². The molecule has 0 unspecified atom stereocenters. The number of nitrogens with two attached hydrogens (primary N) is 1. The fraction of sp³-hybridized carbons (Fsp3) is 0.350. The van der Waals surface area contributed by atoms with Crippen LogP contribution in [0.3, 0.4) is 0 Å². The van der Waals surface area contributed by atoms with Crippen molar-refractivity contribution in [1.82, 2.24) is 19.5 Å². The summed E-state index contributed by atoms with van der Waals surface area (Å²) in [7, 11) is 0. The molecule has 1 aliphatic heterocycles. The molecule has 11 nitrogen and oxygen atoms in total. The summed E-state index contributed by atoms with van der Waals surface area (Å²) in [6.07, 6.45) is -2.07. The van der Waals surface area contributed by atoms with Crippen molar-refractivity contribution in [2.24, 2.45) is 0 Å². The number of benzene rings is 1. The molecule has 3 N–H and O–H groups in total. The van der Waals surface area contributed by atoms with Gasteiger partial charge in [0.15, 0.2) is 29.6 Å². The highest BCUT2D eigenvalue weighted by Gasteiger charge is 2.50. The van der Waals surface area contributed by atoms with E-state index >= 15 is 0 Å². The number of nitrogen functional groups attached to an aromatic ring is 1. The van der Waals surface area contributed by atoms with E-state index in [2.05, 4.69) is 15.0 Å². The number of hydrogen-bond donors (Lipinski definition) is 2. The normalized spacial score (nSPS) is 22.7. The van der Waals surface area contributed by atoms with Crippen LogP contribution in [0.15, 0.2) is 46.3 Å². The number of fused-ring (bicyclic) bond motifs is 1. The minimum Gasteiger partial charge on any atom is -0.456 e. The van der Waals surface area contributed by atoms with Crippen molar-refractivity contribution in [3.8, 4) is 0 Å². The molecule has 168 valence electrons. The largest absolute Gasteiger partial charge is 0.456 e. The molecule has 0 spiro atoms. The molecule has 3 heterocycles. The van der Waals surface area contributed by atoms with Gasteiger partial charge in [0.05, 0.1) is 6.33 Å². The van der Waals surface area contributed by atoms with Crippen molar-refractivity contribution >= 4 is 40.8 Å². The number of carbonyl (C=O) groups is 2. The number of carbonyl (C=O) groups excluding carboxylic acids is 2. The standard InChI is InChI=1S/C20H21N5O6S/c1-10(26)29-15-13(8-32-12-6-4-3-5-7-12)31-19(16(15)30-11(2)27)25-9-22-14-17(25)23-20(21)24-18(14)28/h3-7,9,13,15-16,19H,8H2,1-2H3,(H3,21,23,24,28)/t13-,15-,16-,19-/m1/s1. The number of nitrogens with one attached hydrogen (secondary N) is 1. The second-order valence-electron chi connectivity index (χ2n) is 7.11. The van der Waals surface area contributed by atoms with Gasteiger partial charge in [-0.1, -0.05) is 18.2 Å². The molecule has 1 saturated heterocycles. The Morgan fingerprint density at radius 1 is 1.19 bits per heavy atom. The number of ether oxygens (including phenoxy) is 3. The third-order valence-corrected chi connectivity index (χ3v) is 5.87. The van der Waals surface area contributed by atoms with Crippen LogP contribution in [0, 0.1) is 0 Å². The molecule has 12 heteroatoms. The van der Waals surface area contributed by atoms with Gasteiger partial charge in [-0.3, -0.25) is 23.9 Å². The highest BCUT2D eigenvalue weighted by atomic mass is 32.2. The third kappa shape index (κ3) is 4.46. The van der Waals surface area contributed by atoms with Crippen LogP contribution in [0.2, 0.25) is 0 Å². The van der Waals surface area contributed by atoms with Crippen molar-refractivity contribution in [2.45, 2.75) is 43.3 Å². The van der Waals surface area contributed by atoms with Crippen LogP contribution in [0.1, 0.15) is 20.1 Å². The molecule has 32 heavy (non-hydrogen) atoms. The van der Waals surface area contributed by atoms with E-state index in [1.54, 1.807) is 0 Å². The number of aromatic amines is 1. The lowest BCUT2D eigenvalue weighted by Gasteiger charge is -2.23. The lowest BCUT2D eigenvalue weighted by molar-refractivity contribution is -0.165. The van der Waals surface area contributed by atoms with Gasteiger partial charge < -0.3 is 19.9 Å². The molecule has 0 saturated carbocycles. The number of hydrogen-bond acceptors (Lipinski definition) is 10. The molecule has 0 radical (unpaired) electrons. The van der Waals surface area contributed by atoms with E-state index in [9.17, 15) is 14.4 Å². The van der Waals surface area contributed by atoms with E-state index in [1.807, 2.05) is 30.3 Å². The quantitative estimate of drug-likeness (QED) is 0.407. The number of esters is 2. The highest BCUT2D eigenvalue weighted by Crippen LogP contribution is 2.37. The fourth-order valence-electron chi connectivity index (χ4n) is 3.54. The fourth-order valence-corrected chi connectivity index (χ4v) is 4.52. The number of aromatic nitrogens is 4. The van der Waals surface area contributed by atoms with Crippen LogP contribution in [-0.4, -0.2) is 55.5 Å². The van der Waals surface area contributed by atoms with Gasteiger partial charge in [0.25, 0.3) is 5.56 Å². The zero-order chi connectivity index (χ0) is 22.8. The zero-order valence-corrected chi connectivity index (χ0v) is 18.1. The predicted molar refractivity (Wildman–Crippen MR) is 115 cm³/mol. The van der Waals surface area contributed by atoms with Crippen molar-refractivity contribution < 1.29 is 23.8 Å². The van der Waals surface area contributed by atoms with Crippen LogP contribution in [0.5, 0.6) is 0 Å². The van der Waals surface area contributed by atoms with Gasteiger partial charge in [0.1, 0.15) is 6.10 Å². The maximum Gasteiger partial charge on any atom is 0.303 e. The lowest BCUT2D eigenvalue weighted by atomic mass is 10.1. The maximum atomic E-state index is 12.2. The van der Waals surface area contributed by atoms with E-state index in [-0.39, 0.29) is 17.1 Å². The van der Waals surface area contributed by atoms with E-state index in [1.165, 1.54) is 36.5 Å². The summed E-state index contributed by atoms with van der Waals surface area (Å²) >= 11 is 1.50. The number of H-pyrrole nitrogens is 1. The van der Waals surface area contributed by atoms with Crippen molar-refractivity contribution in [3.63, 3.8) is 0 Å². The zero-order valence-electron chi connectivity index (χ0n) is 17.3. The average Bonchev–Trinajstić information content (AvgIpc) is 3.28. The van der Waals surface area contributed by atoms with Gasteiger partial charge in [0, 0.05) is 24.5 Å². The summed E-state index contributed by atoms with van der Waals surface area (Å²) in [5.41, 5.74) is 5.39. The smallest absolute Gasteiger partial charge is 0.303 e. The molecule has 3 aromatic rings. The Morgan fingerprint density at radius 2 is 1.88 bits per heavy atom. The van der Waals surface area contributed by atoms with Crippen LogP contribution >= 0.6 is 11.8 Å². The monoisotopic (exact) mass is 459 g/mol. The molecule has 0 aliphatic carbocycles. The molecular formula is C20H21N5O6S.